The fourth-order valence-corrected chi connectivity index (χ4v) is 8.27. The van der Waals surface area contributed by atoms with E-state index >= 15 is 0 Å². The molecule has 1 unspecified atom stereocenters. The zero-order valence-corrected chi connectivity index (χ0v) is 45.6. The highest BCUT2D eigenvalue weighted by molar-refractivity contribution is 5.71. The van der Waals surface area contributed by atoms with E-state index in [0.717, 1.165) is 103 Å². The highest BCUT2D eigenvalue weighted by Crippen LogP contribution is 2.15. The molecule has 0 amide bonds. The summed E-state index contributed by atoms with van der Waals surface area (Å²) in [5.41, 5.74) is 0. The van der Waals surface area contributed by atoms with E-state index in [4.69, 9.17) is 14.2 Å². The molecule has 0 N–H and O–H groups in total. The van der Waals surface area contributed by atoms with Crippen molar-refractivity contribution in [2.75, 3.05) is 13.2 Å². The van der Waals surface area contributed by atoms with Crippen LogP contribution in [0.3, 0.4) is 0 Å². The summed E-state index contributed by atoms with van der Waals surface area (Å²) in [5.74, 6) is -0.912. The number of hydrogen-bond donors (Lipinski definition) is 0. The third kappa shape index (κ3) is 55.6. The number of ether oxygens (including phenoxy) is 3. The maximum absolute atomic E-state index is 12.9. The van der Waals surface area contributed by atoms with E-state index in [1.807, 2.05) is 0 Å². The number of rotatable bonds is 53. The zero-order valence-electron chi connectivity index (χ0n) is 45.6. The van der Waals surface area contributed by atoms with Gasteiger partial charge in [-0.25, -0.2) is 0 Å². The summed E-state index contributed by atoms with van der Waals surface area (Å²) < 4.78 is 16.9. The quantitative estimate of drug-likeness (QED) is 0.0199. The minimum absolute atomic E-state index is 0.0871. The second-order valence-corrected chi connectivity index (χ2v) is 19.5. The fraction of sp³-hybridized carbons (Fsp3) is 0.762. The maximum Gasteiger partial charge on any atom is 0.306 e. The molecule has 0 aliphatic heterocycles. The summed E-state index contributed by atoms with van der Waals surface area (Å²) >= 11 is 0. The molecule has 6 heteroatoms. The molecule has 0 aromatic heterocycles. The molecule has 0 aliphatic carbocycles. The van der Waals surface area contributed by atoms with Crippen molar-refractivity contribution >= 4 is 17.9 Å². The summed E-state index contributed by atoms with van der Waals surface area (Å²) in [6.07, 6.45) is 73.2. The molecule has 398 valence electrons. The van der Waals surface area contributed by atoms with E-state index in [-0.39, 0.29) is 31.1 Å². The smallest absolute Gasteiger partial charge is 0.306 e. The molecule has 0 bridgehead atoms. The number of carbonyl (C=O) groups is 3. The van der Waals surface area contributed by atoms with Crippen molar-refractivity contribution in [3.8, 4) is 0 Å². The first kappa shape index (κ1) is 65.8. The van der Waals surface area contributed by atoms with E-state index in [1.165, 1.54) is 148 Å². The van der Waals surface area contributed by atoms with Crippen molar-refractivity contribution in [1.82, 2.24) is 0 Å². The molecule has 0 saturated heterocycles. The van der Waals surface area contributed by atoms with Crippen molar-refractivity contribution in [1.29, 1.82) is 0 Å². The van der Waals surface area contributed by atoms with Gasteiger partial charge in [-0.15, -0.1) is 0 Å². The molecule has 0 aromatic rings. The first-order valence-corrected chi connectivity index (χ1v) is 29.5. The summed E-state index contributed by atoms with van der Waals surface area (Å²) in [4.78, 5) is 38.2. The van der Waals surface area contributed by atoms with Crippen LogP contribution < -0.4 is 0 Å². The second-order valence-electron chi connectivity index (χ2n) is 19.5. The molecule has 69 heavy (non-hydrogen) atoms. The summed E-state index contributed by atoms with van der Waals surface area (Å²) in [7, 11) is 0. The Morgan fingerprint density at radius 2 is 0.609 bits per heavy atom. The highest BCUT2D eigenvalue weighted by atomic mass is 16.6. The van der Waals surface area contributed by atoms with E-state index in [1.54, 1.807) is 0 Å². The molecule has 1 atom stereocenters. The Morgan fingerprint density at radius 1 is 0.319 bits per heavy atom. The molecule has 0 aromatic carbocycles. The Labute approximate surface area is 427 Å². The number of carbonyl (C=O) groups excluding carboxylic acids is 3. The van der Waals surface area contributed by atoms with Crippen LogP contribution in [0.5, 0.6) is 0 Å². The van der Waals surface area contributed by atoms with Crippen molar-refractivity contribution in [2.45, 2.75) is 297 Å². The predicted molar refractivity (Wildman–Crippen MR) is 298 cm³/mol. The van der Waals surface area contributed by atoms with Gasteiger partial charge in [-0.2, -0.15) is 0 Å². The van der Waals surface area contributed by atoms with Crippen LogP contribution in [-0.2, 0) is 28.6 Å². The van der Waals surface area contributed by atoms with Gasteiger partial charge < -0.3 is 14.2 Å². The number of hydrogen-bond acceptors (Lipinski definition) is 6. The Hall–Kier alpha value is -3.15. The van der Waals surface area contributed by atoms with Crippen molar-refractivity contribution < 1.29 is 28.6 Å². The molecule has 0 aliphatic rings. The molecular weight excluding hydrogens is 853 g/mol. The minimum Gasteiger partial charge on any atom is -0.462 e. The van der Waals surface area contributed by atoms with E-state index < -0.39 is 6.10 Å². The highest BCUT2D eigenvalue weighted by Gasteiger charge is 2.19. The standard InChI is InChI=1S/C63H110O6/c1-4-7-10-13-16-19-22-25-28-30-32-34-35-38-41-44-47-50-53-56-62(65)68-59-60(58-67-61(64)55-52-49-46-43-40-37-27-24-21-18-15-12-9-6-3)69-63(66)57-54-51-48-45-42-39-36-33-31-29-26-23-20-17-14-11-8-5-2/h9,12,16,18-19,21-22,25,27,33,36-37,60H,4-8,10-11,13-15,17,20,23-24,26,28-32,34-35,38-59H2,1-3H3/b12-9-,19-16-,21-18-,25-22-,36-33-,37-27-. The molecule has 0 heterocycles. The van der Waals surface area contributed by atoms with Gasteiger partial charge in [0.25, 0.3) is 0 Å². The van der Waals surface area contributed by atoms with Gasteiger partial charge >= 0.3 is 17.9 Å². The van der Waals surface area contributed by atoms with Gasteiger partial charge in [0.05, 0.1) is 0 Å². The van der Waals surface area contributed by atoms with E-state index in [9.17, 15) is 14.4 Å². The first-order chi connectivity index (χ1) is 34.0. The number of allylic oxidation sites excluding steroid dienone is 12. The number of unbranched alkanes of at least 4 members (excludes halogenated alkanes) is 31. The van der Waals surface area contributed by atoms with Gasteiger partial charge in [0.15, 0.2) is 6.10 Å². The van der Waals surface area contributed by atoms with Gasteiger partial charge in [0.1, 0.15) is 13.2 Å². The lowest BCUT2D eigenvalue weighted by Crippen LogP contribution is -2.30. The number of esters is 3. The van der Waals surface area contributed by atoms with Crippen molar-refractivity contribution in [3.05, 3.63) is 72.9 Å². The molecule has 0 rings (SSSR count). The van der Waals surface area contributed by atoms with Gasteiger partial charge in [-0.1, -0.05) is 241 Å². The maximum atomic E-state index is 12.9. The van der Waals surface area contributed by atoms with Crippen LogP contribution in [0, 0.1) is 0 Å². The SMILES string of the molecule is CC/C=C\C/C=C\C/C=C\CCCCCCC(=O)OCC(COC(=O)CCCCCCCCCCCC/C=C\C=C/CCCCC)OC(=O)CCCCCCC/C=C\CCCCCCCCCCC. The second kappa shape index (κ2) is 57.4. The monoisotopic (exact) mass is 963 g/mol. The molecule has 0 saturated carbocycles. The lowest BCUT2D eigenvalue weighted by molar-refractivity contribution is -0.167. The Morgan fingerprint density at radius 3 is 1.01 bits per heavy atom. The minimum atomic E-state index is -0.791. The van der Waals surface area contributed by atoms with Crippen LogP contribution in [0.4, 0.5) is 0 Å². The third-order valence-corrected chi connectivity index (χ3v) is 12.7. The van der Waals surface area contributed by atoms with Crippen molar-refractivity contribution in [3.63, 3.8) is 0 Å². The molecule has 6 nitrogen and oxygen atoms in total. The third-order valence-electron chi connectivity index (χ3n) is 12.7. The first-order valence-electron chi connectivity index (χ1n) is 29.5. The van der Waals surface area contributed by atoms with Gasteiger partial charge in [-0.3, -0.25) is 14.4 Å². The lowest BCUT2D eigenvalue weighted by Gasteiger charge is -2.18. The van der Waals surface area contributed by atoms with E-state index in [0.29, 0.717) is 19.3 Å². The van der Waals surface area contributed by atoms with E-state index in [2.05, 4.69) is 93.7 Å². The van der Waals surface area contributed by atoms with Crippen LogP contribution in [0.1, 0.15) is 290 Å². The molecular formula is C63H110O6. The van der Waals surface area contributed by atoms with Gasteiger partial charge in [-0.05, 0) is 103 Å². The van der Waals surface area contributed by atoms with Crippen molar-refractivity contribution in [2.24, 2.45) is 0 Å². The Balaban J connectivity index is 4.39. The summed E-state index contributed by atoms with van der Waals surface area (Å²) in [5, 5.41) is 0. The Kier molecular flexibility index (Phi) is 54.8. The zero-order chi connectivity index (χ0) is 50.0. The molecule has 0 fully saturated rings. The molecule has 0 spiro atoms. The molecule has 0 radical (unpaired) electrons. The largest absolute Gasteiger partial charge is 0.462 e. The topological polar surface area (TPSA) is 78.9 Å². The van der Waals surface area contributed by atoms with Crippen LogP contribution >= 0.6 is 0 Å². The predicted octanol–water partition coefficient (Wildman–Crippen LogP) is 19.8. The lowest BCUT2D eigenvalue weighted by atomic mass is 10.1. The fourth-order valence-electron chi connectivity index (χ4n) is 8.27. The summed E-state index contributed by atoms with van der Waals surface area (Å²) in [6, 6.07) is 0. The average molecular weight is 964 g/mol. The van der Waals surface area contributed by atoms with Crippen LogP contribution in [-0.4, -0.2) is 37.2 Å². The van der Waals surface area contributed by atoms with Crippen LogP contribution in [0.25, 0.3) is 0 Å². The normalized spacial score (nSPS) is 12.6. The summed E-state index contributed by atoms with van der Waals surface area (Å²) in [6.45, 7) is 6.49. The average Bonchev–Trinajstić information content (AvgIpc) is 3.35. The van der Waals surface area contributed by atoms with Gasteiger partial charge in [0, 0.05) is 19.3 Å². The van der Waals surface area contributed by atoms with Crippen LogP contribution in [0.15, 0.2) is 72.9 Å². The van der Waals surface area contributed by atoms with Crippen LogP contribution in [0.2, 0.25) is 0 Å². The van der Waals surface area contributed by atoms with Gasteiger partial charge in [0.2, 0.25) is 0 Å². The Bertz CT molecular complexity index is 1290.